The third kappa shape index (κ3) is 7.74. The van der Waals surface area contributed by atoms with Crippen LogP contribution in [0.3, 0.4) is 0 Å². The van der Waals surface area contributed by atoms with Crippen LogP contribution in [-0.4, -0.2) is 67.8 Å². The van der Waals surface area contributed by atoms with Crippen LogP contribution in [0, 0.1) is 0 Å². The van der Waals surface area contributed by atoms with Gasteiger partial charge in [0.2, 0.25) is 0 Å². The molecular weight excluding hydrogens is 468 g/mol. The lowest BCUT2D eigenvalue weighted by molar-refractivity contribution is 0.0651. The Morgan fingerprint density at radius 1 is 0.722 bits per heavy atom. The van der Waals surface area contributed by atoms with Gasteiger partial charge >= 0.3 is 23.9 Å². The van der Waals surface area contributed by atoms with Crippen molar-refractivity contribution >= 4 is 23.9 Å². The zero-order valence-electron chi connectivity index (χ0n) is 19.4. The lowest BCUT2D eigenvalue weighted by atomic mass is 10.1. The molecule has 0 saturated carbocycles. The molecule has 1 aliphatic heterocycles. The van der Waals surface area contributed by atoms with Crippen LogP contribution in [0.15, 0.2) is 73.1 Å². The van der Waals surface area contributed by atoms with Crippen LogP contribution < -0.4 is 0 Å². The van der Waals surface area contributed by atoms with E-state index in [0.717, 1.165) is 0 Å². The third-order valence-electron chi connectivity index (χ3n) is 5.37. The largest absolute Gasteiger partial charge is 0.478 e. The predicted octanol–water partition coefficient (Wildman–Crippen LogP) is 4.01. The van der Waals surface area contributed by atoms with Crippen molar-refractivity contribution in [3.63, 3.8) is 0 Å². The first kappa shape index (κ1) is 27.7. The first-order valence-corrected chi connectivity index (χ1v) is 10.8. The molecule has 1 saturated heterocycles. The number of nitrogens with zero attached hydrogens (tertiary/aromatic N) is 2. The lowest BCUT2D eigenvalue weighted by Gasteiger charge is -2.18. The number of carbonyl (C=O) groups is 4. The van der Waals surface area contributed by atoms with Crippen LogP contribution >= 0.6 is 0 Å². The number of pyridine rings is 1. The van der Waals surface area contributed by atoms with E-state index in [0.29, 0.717) is 6.04 Å². The van der Waals surface area contributed by atoms with Crippen molar-refractivity contribution in [1.29, 1.82) is 0 Å². The summed E-state index contributed by atoms with van der Waals surface area (Å²) in [6.45, 7) is 1.22. The van der Waals surface area contributed by atoms with Gasteiger partial charge in [-0.2, -0.15) is 0 Å². The maximum absolute atomic E-state index is 10.5. The molecule has 0 bridgehead atoms. The Bertz CT molecular complexity index is 1080. The number of aromatic nitrogens is 1. The summed E-state index contributed by atoms with van der Waals surface area (Å²) in [5, 5.41) is 34.2. The maximum atomic E-state index is 10.5. The molecule has 1 aliphatic rings. The maximum Gasteiger partial charge on any atom is 0.336 e. The average Bonchev–Trinajstić information content (AvgIpc) is 3.31. The molecule has 36 heavy (non-hydrogen) atoms. The van der Waals surface area contributed by atoms with Gasteiger partial charge in [0.25, 0.3) is 0 Å². The molecule has 3 aromatic rings. The number of carboxylic acids is 4. The second-order valence-electron chi connectivity index (χ2n) is 7.74. The lowest BCUT2D eigenvalue weighted by Crippen LogP contribution is -2.17. The van der Waals surface area contributed by atoms with Gasteiger partial charge in [0.1, 0.15) is 0 Å². The van der Waals surface area contributed by atoms with E-state index in [1.165, 1.54) is 73.5 Å². The number of aromatic carboxylic acids is 4. The molecule has 10 nitrogen and oxygen atoms in total. The minimum Gasteiger partial charge on any atom is -0.478 e. The molecule has 1 aromatic heterocycles. The Morgan fingerprint density at radius 3 is 1.42 bits per heavy atom. The van der Waals surface area contributed by atoms with Crippen molar-refractivity contribution < 1.29 is 39.6 Å². The second-order valence-corrected chi connectivity index (χ2v) is 7.74. The number of benzene rings is 2. The number of rotatable bonds is 5. The van der Waals surface area contributed by atoms with Gasteiger partial charge in [-0.3, -0.25) is 9.88 Å². The van der Waals surface area contributed by atoms with Gasteiger partial charge in [-0.25, -0.2) is 19.2 Å². The molecule has 0 aliphatic carbocycles. The van der Waals surface area contributed by atoms with Crippen molar-refractivity contribution in [2.45, 2.75) is 18.9 Å². The molecule has 2 heterocycles. The highest BCUT2D eigenvalue weighted by Crippen LogP contribution is 2.29. The van der Waals surface area contributed by atoms with E-state index in [1.807, 2.05) is 18.5 Å². The molecule has 1 fully saturated rings. The Morgan fingerprint density at radius 2 is 1.14 bits per heavy atom. The van der Waals surface area contributed by atoms with Gasteiger partial charge in [0.05, 0.1) is 22.3 Å². The molecule has 0 radical (unpaired) electrons. The highest BCUT2D eigenvalue weighted by Gasteiger charge is 2.22. The molecule has 0 amide bonds. The number of hydrogen-bond donors (Lipinski definition) is 4. The molecule has 1 atom stereocenters. The van der Waals surface area contributed by atoms with E-state index in [1.54, 1.807) is 0 Å². The van der Waals surface area contributed by atoms with E-state index in [4.69, 9.17) is 20.4 Å². The zero-order valence-corrected chi connectivity index (χ0v) is 19.4. The minimum atomic E-state index is -1.23. The molecule has 188 valence electrons. The molecule has 4 rings (SSSR count). The molecule has 1 unspecified atom stereocenters. The van der Waals surface area contributed by atoms with Gasteiger partial charge in [-0.05, 0) is 62.3 Å². The topological polar surface area (TPSA) is 165 Å². The van der Waals surface area contributed by atoms with Crippen LogP contribution in [0.2, 0.25) is 0 Å². The highest BCUT2D eigenvalue weighted by molar-refractivity contribution is 6.02. The summed E-state index contributed by atoms with van der Waals surface area (Å²) in [5.74, 6) is -4.91. The average molecular weight is 495 g/mol. The summed E-state index contributed by atoms with van der Waals surface area (Å²) in [6, 6.07) is 15.7. The number of carboxylic acid groups (broad SMARTS) is 4. The standard InChI is InChI=1S/C10H14N2.2C8H6O4/c1-12-7-3-5-10(12)9-4-2-6-11-8-9;2*9-7(10)5-3-1-2-4-6(5)8(11)12/h2,4,6,8,10H,3,5,7H2,1H3;2*1-4H,(H,9,10)(H,11,12). The Labute approximate surface area is 207 Å². The molecule has 2 aromatic carbocycles. The predicted molar refractivity (Wildman–Crippen MR) is 130 cm³/mol. The molecule has 10 heteroatoms. The Hall–Kier alpha value is -4.57. The summed E-state index contributed by atoms with van der Waals surface area (Å²) in [5.41, 5.74) is 0.600. The highest BCUT2D eigenvalue weighted by atomic mass is 16.4. The monoisotopic (exact) mass is 494 g/mol. The minimum absolute atomic E-state index is 0.190. The normalized spacial score (nSPS) is 14.4. The summed E-state index contributed by atoms with van der Waals surface area (Å²) >= 11 is 0. The van der Waals surface area contributed by atoms with Crippen molar-refractivity contribution in [3.8, 4) is 0 Å². The fourth-order valence-corrected chi connectivity index (χ4v) is 3.62. The van der Waals surface area contributed by atoms with E-state index in [9.17, 15) is 19.2 Å². The van der Waals surface area contributed by atoms with E-state index in [-0.39, 0.29) is 22.3 Å². The molecule has 4 N–H and O–H groups in total. The fourth-order valence-electron chi connectivity index (χ4n) is 3.62. The van der Waals surface area contributed by atoms with E-state index in [2.05, 4.69) is 23.0 Å². The Kier molecular flexibility index (Phi) is 10.3. The quantitative estimate of drug-likeness (QED) is 0.407. The fraction of sp³-hybridized carbons (Fsp3) is 0.192. The van der Waals surface area contributed by atoms with Gasteiger partial charge in [-0.15, -0.1) is 0 Å². The summed E-state index contributed by atoms with van der Waals surface area (Å²) in [6.07, 6.45) is 6.41. The smallest absolute Gasteiger partial charge is 0.336 e. The van der Waals surface area contributed by atoms with E-state index < -0.39 is 23.9 Å². The molecule has 0 spiro atoms. The number of likely N-dealkylation sites (tertiary alicyclic amines) is 1. The summed E-state index contributed by atoms with van der Waals surface area (Å²) in [4.78, 5) is 48.4. The van der Waals surface area contributed by atoms with Crippen LogP contribution in [0.1, 0.15) is 65.9 Å². The summed E-state index contributed by atoms with van der Waals surface area (Å²) < 4.78 is 0. The third-order valence-corrected chi connectivity index (χ3v) is 5.37. The van der Waals surface area contributed by atoms with E-state index >= 15 is 0 Å². The second kappa shape index (κ2) is 13.4. The van der Waals surface area contributed by atoms with Crippen LogP contribution in [-0.2, 0) is 0 Å². The van der Waals surface area contributed by atoms with Crippen molar-refractivity contribution in [1.82, 2.24) is 9.88 Å². The Balaban J connectivity index is 0.000000190. The van der Waals surface area contributed by atoms with Gasteiger partial charge in [0.15, 0.2) is 0 Å². The number of hydrogen-bond acceptors (Lipinski definition) is 6. The SMILES string of the molecule is CN1CCCC1c1cccnc1.O=C(O)c1ccccc1C(=O)O.O=C(O)c1ccccc1C(=O)O. The van der Waals surface area contributed by atoms with Crippen LogP contribution in [0.4, 0.5) is 0 Å². The van der Waals surface area contributed by atoms with Crippen LogP contribution in [0.25, 0.3) is 0 Å². The van der Waals surface area contributed by atoms with Crippen LogP contribution in [0.5, 0.6) is 0 Å². The molecular formula is C26H26N2O8. The van der Waals surface area contributed by atoms with Crippen molar-refractivity contribution in [2.75, 3.05) is 13.6 Å². The van der Waals surface area contributed by atoms with Gasteiger partial charge in [-0.1, -0.05) is 30.3 Å². The first-order chi connectivity index (χ1) is 17.1. The zero-order chi connectivity index (χ0) is 26.7. The van der Waals surface area contributed by atoms with Crippen molar-refractivity contribution in [2.24, 2.45) is 0 Å². The van der Waals surface area contributed by atoms with Gasteiger partial charge in [0, 0.05) is 18.4 Å². The first-order valence-electron chi connectivity index (χ1n) is 10.8. The van der Waals surface area contributed by atoms with Crippen molar-refractivity contribution in [3.05, 3.63) is 101 Å². The van der Waals surface area contributed by atoms with Gasteiger partial charge < -0.3 is 20.4 Å². The summed E-state index contributed by atoms with van der Waals surface area (Å²) in [7, 11) is 2.19.